The van der Waals surface area contributed by atoms with E-state index in [-0.39, 0.29) is 5.91 Å². The van der Waals surface area contributed by atoms with E-state index in [1.807, 2.05) is 0 Å². The first-order valence-electron chi connectivity index (χ1n) is 7.34. The quantitative estimate of drug-likeness (QED) is 0.827. The fourth-order valence-corrected chi connectivity index (χ4v) is 2.45. The first-order valence-corrected chi connectivity index (χ1v) is 7.34. The third kappa shape index (κ3) is 4.94. The van der Waals surface area contributed by atoms with Crippen molar-refractivity contribution >= 4 is 5.91 Å². The van der Waals surface area contributed by atoms with Gasteiger partial charge in [-0.25, -0.2) is 0 Å². The lowest BCUT2D eigenvalue weighted by atomic mass is 10.1. The Morgan fingerprint density at radius 1 is 1.20 bits per heavy atom. The maximum Gasteiger partial charge on any atom is 0.222 e. The van der Waals surface area contributed by atoms with Crippen LogP contribution in [0.1, 0.15) is 30.4 Å². The Kier molecular flexibility index (Phi) is 6.02. The number of benzene rings is 1. The number of hydrogen-bond donors (Lipinski definition) is 1. The zero-order valence-electron chi connectivity index (χ0n) is 12.2. The van der Waals surface area contributed by atoms with E-state index in [1.165, 1.54) is 31.5 Å². The van der Waals surface area contributed by atoms with Crippen molar-refractivity contribution in [1.82, 2.24) is 10.2 Å². The molecule has 1 aromatic rings. The molecular weight excluding hydrogens is 252 g/mol. The van der Waals surface area contributed by atoms with Gasteiger partial charge >= 0.3 is 0 Å². The second-order valence-corrected chi connectivity index (χ2v) is 5.32. The van der Waals surface area contributed by atoms with Crippen LogP contribution in [0.5, 0.6) is 0 Å². The zero-order chi connectivity index (χ0) is 14.2. The predicted molar refractivity (Wildman–Crippen MR) is 79.3 cm³/mol. The van der Waals surface area contributed by atoms with Crippen molar-refractivity contribution in [2.24, 2.45) is 0 Å². The summed E-state index contributed by atoms with van der Waals surface area (Å²) < 4.78 is 4.88. The molecule has 20 heavy (non-hydrogen) atoms. The molecule has 1 aliphatic heterocycles. The third-order valence-corrected chi connectivity index (χ3v) is 3.65. The monoisotopic (exact) mass is 276 g/mol. The minimum Gasteiger partial charge on any atom is -0.384 e. The molecule has 0 aliphatic carbocycles. The summed E-state index contributed by atoms with van der Waals surface area (Å²) in [5.74, 6) is 0.0352. The smallest absolute Gasteiger partial charge is 0.222 e. The Labute approximate surface area is 121 Å². The molecule has 1 aromatic carbocycles. The summed E-state index contributed by atoms with van der Waals surface area (Å²) in [5, 5.41) is 2.90. The van der Waals surface area contributed by atoms with Crippen molar-refractivity contribution in [3.8, 4) is 0 Å². The molecule has 1 N–H and O–H groups in total. The third-order valence-electron chi connectivity index (χ3n) is 3.65. The Bertz CT molecular complexity index is 411. The normalized spacial score (nSPS) is 15.4. The number of carbonyl (C=O) groups is 1. The SMILES string of the molecule is COCCC(=O)NCc1ccc(CN2CCCC2)cc1. The van der Waals surface area contributed by atoms with Gasteiger partial charge in [-0.05, 0) is 37.1 Å². The van der Waals surface area contributed by atoms with Crippen LogP contribution in [0.3, 0.4) is 0 Å². The molecule has 0 aromatic heterocycles. The summed E-state index contributed by atoms with van der Waals surface area (Å²) in [6.45, 7) is 4.54. The lowest BCUT2D eigenvalue weighted by Gasteiger charge is -2.14. The van der Waals surface area contributed by atoms with Crippen LogP contribution in [0.25, 0.3) is 0 Å². The summed E-state index contributed by atoms with van der Waals surface area (Å²) >= 11 is 0. The van der Waals surface area contributed by atoms with Crippen LogP contribution in [0.15, 0.2) is 24.3 Å². The lowest BCUT2D eigenvalue weighted by molar-refractivity contribution is -0.122. The number of hydrogen-bond acceptors (Lipinski definition) is 3. The predicted octanol–water partition coefficient (Wildman–Crippen LogP) is 1.94. The molecule has 1 aliphatic rings. The van der Waals surface area contributed by atoms with Crippen LogP contribution in [-0.2, 0) is 22.6 Å². The average molecular weight is 276 g/mol. The summed E-state index contributed by atoms with van der Waals surface area (Å²) in [4.78, 5) is 14.0. The number of ether oxygens (including phenoxy) is 1. The number of rotatable bonds is 7. The summed E-state index contributed by atoms with van der Waals surface area (Å²) in [6, 6.07) is 8.52. The molecule has 0 saturated carbocycles. The van der Waals surface area contributed by atoms with E-state index in [0.717, 1.165) is 12.1 Å². The molecule has 0 spiro atoms. The highest BCUT2D eigenvalue weighted by molar-refractivity contribution is 5.75. The second kappa shape index (κ2) is 8.02. The van der Waals surface area contributed by atoms with Gasteiger partial charge in [-0.3, -0.25) is 9.69 Å². The van der Waals surface area contributed by atoms with Crippen LogP contribution in [-0.4, -0.2) is 37.6 Å². The summed E-state index contributed by atoms with van der Waals surface area (Å²) in [5.41, 5.74) is 2.49. The number of nitrogens with zero attached hydrogens (tertiary/aromatic N) is 1. The van der Waals surface area contributed by atoms with Gasteiger partial charge in [0.2, 0.25) is 5.91 Å². The minimum absolute atomic E-state index is 0.0352. The molecule has 4 nitrogen and oxygen atoms in total. The minimum atomic E-state index is 0.0352. The zero-order valence-corrected chi connectivity index (χ0v) is 12.2. The number of amides is 1. The highest BCUT2D eigenvalue weighted by Crippen LogP contribution is 2.13. The molecule has 0 bridgehead atoms. The highest BCUT2D eigenvalue weighted by atomic mass is 16.5. The first kappa shape index (κ1) is 15.0. The van der Waals surface area contributed by atoms with Gasteiger partial charge in [0.05, 0.1) is 6.61 Å². The fraction of sp³-hybridized carbons (Fsp3) is 0.562. The maximum atomic E-state index is 11.5. The van der Waals surface area contributed by atoms with Crippen LogP contribution >= 0.6 is 0 Å². The molecule has 110 valence electrons. The standard InChI is InChI=1S/C16H24N2O2/c1-20-11-8-16(19)17-12-14-4-6-15(7-5-14)13-18-9-2-3-10-18/h4-7H,2-3,8-13H2,1H3,(H,17,19). The second-order valence-electron chi connectivity index (χ2n) is 5.32. The Balaban J connectivity index is 1.74. The van der Waals surface area contributed by atoms with Crippen LogP contribution in [0.2, 0.25) is 0 Å². The number of likely N-dealkylation sites (tertiary alicyclic amines) is 1. The number of carbonyl (C=O) groups excluding carboxylic acids is 1. The molecule has 2 rings (SSSR count). The van der Waals surface area contributed by atoms with E-state index in [1.54, 1.807) is 7.11 Å². The van der Waals surface area contributed by atoms with Crippen molar-refractivity contribution in [1.29, 1.82) is 0 Å². The van der Waals surface area contributed by atoms with Crippen LogP contribution in [0.4, 0.5) is 0 Å². The number of nitrogens with one attached hydrogen (secondary N) is 1. The topological polar surface area (TPSA) is 41.6 Å². The molecule has 1 saturated heterocycles. The Hall–Kier alpha value is -1.39. The molecule has 4 heteroatoms. The van der Waals surface area contributed by atoms with Gasteiger partial charge < -0.3 is 10.1 Å². The van der Waals surface area contributed by atoms with Gasteiger partial charge in [0.15, 0.2) is 0 Å². The van der Waals surface area contributed by atoms with Gasteiger partial charge in [0.25, 0.3) is 0 Å². The fourth-order valence-electron chi connectivity index (χ4n) is 2.45. The molecule has 1 fully saturated rings. The van der Waals surface area contributed by atoms with E-state index in [9.17, 15) is 4.79 Å². The van der Waals surface area contributed by atoms with Crippen molar-refractivity contribution in [2.45, 2.75) is 32.4 Å². The van der Waals surface area contributed by atoms with Crippen molar-refractivity contribution in [2.75, 3.05) is 26.8 Å². The molecular formula is C16H24N2O2. The van der Waals surface area contributed by atoms with Gasteiger partial charge in [0, 0.05) is 26.6 Å². The van der Waals surface area contributed by atoms with E-state index in [0.29, 0.717) is 19.6 Å². The Morgan fingerprint density at radius 2 is 1.85 bits per heavy atom. The first-order chi connectivity index (χ1) is 9.78. The lowest BCUT2D eigenvalue weighted by Crippen LogP contribution is -2.23. The van der Waals surface area contributed by atoms with Crippen molar-refractivity contribution in [3.63, 3.8) is 0 Å². The maximum absolute atomic E-state index is 11.5. The summed E-state index contributed by atoms with van der Waals surface area (Å²) in [7, 11) is 1.60. The molecule has 0 radical (unpaired) electrons. The van der Waals surface area contributed by atoms with Crippen molar-refractivity contribution in [3.05, 3.63) is 35.4 Å². The average Bonchev–Trinajstić information content (AvgIpc) is 2.97. The van der Waals surface area contributed by atoms with Gasteiger partial charge in [-0.15, -0.1) is 0 Å². The van der Waals surface area contributed by atoms with E-state index in [2.05, 4.69) is 34.5 Å². The van der Waals surface area contributed by atoms with Gasteiger partial charge in [0.1, 0.15) is 0 Å². The molecule has 0 unspecified atom stereocenters. The molecule has 0 atom stereocenters. The van der Waals surface area contributed by atoms with Crippen LogP contribution in [0, 0.1) is 0 Å². The summed E-state index contributed by atoms with van der Waals surface area (Å²) in [6.07, 6.45) is 3.07. The Morgan fingerprint density at radius 3 is 2.50 bits per heavy atom. The molecule has 1 amide bonds. The van der Waals surface area contributed by atoms with E-state index >= 15 is 0 Å². The molecule has 1 heterocycles. The van der Waals surface area contributed by atoms with Crippen molar-refractivity contribution < 1.29 is 9.53 Å². The van der Waals surface area contributed by atoms with Gasteiger partial charge in [-0.2, -0.15) is 0 Å². The van der Waals surface area contributed by atoms with Gasteiger partial charge in [-0.1, -0.05) is 24.3 Å². The largest absolute Gasteiger partial charge is 0.384 e. The van der Waals surface area contributed by atoms with E-state index < -0.39 is 0 Å². The highest BCUT2D eigenvalue weighted by Gasteiger charge is 2.11. The number of methoxy groups -OCH3 is 1. The van der Waals surface area contributed by atoms with E-state index in [4.69, 9.17) is 4.74 Å². The van der Waals surface area contributed by atoms with Crippen LogP contribution < -0.4 is 5.32 Å².